The molecule has 2 N–H and O–H groups in total. The molecule has 0 amide bonds. The molecule has 1 aromatic heterocycles. The molecule has 1 fully saturated rings. The number of nitrogens with one attached hydrogen (secondary N) is 1. The van der Waals surface area contributed by atoms with E-state index in [2.05, 4.69) is 34.6 Å². The van der Waals surface area contributed by atoms with E-state index < -0.39 is 5.97 Å². The molecular weight excluding hydrogens is 314 g/mol. The number of nitrogens with zero attached hydrogens (tertiary/aromatic N) is 2. The molecule has 1 aliphatic carbocycles. The van der Waals surface area contributed by atoms with Gasteiger partial charge in [-0.25, -0.2) is 0 Å². The average Bonchev–Trinajstić information content (AvgIpc) is 2.60. The number of hydrogen-bond donors (Lipinski definition) is 2. The van der Waals surface area contributed by atoms with Crippen LogP contribution in [0.4, 0.5) is 0 Å². The van der Waals surface area contributed by atoms with Crippen molar-refractivity contribution in [3.63, 3.8) is 0 Å². The average molecular weight is 339 g/mol. The SMILES string of the molecule is CCN(CC(=O)O)C1CC(NCc2cccc(-c3ccccn3)c2)C1. The van der Waals surface area contributed by atoms with E-state index in [1.165, 1.54) is 5.56 Å². The Morgan fingerprint density at radius 1 is 1.28 bits per heavy atom. The summed E-state index contributed by atoms with van der Waals surface area (Å²) in [5.74, 6) is -0.746. The van der Waals surface area contributed by atoms with Crippen LogP contribution in [0.2, 0.25) is 0 Å². The number of benzene rings is 1. The summed E-state index contributed by atoms with van der Waals surface area (Å²) >= 11 is 0. The zero-order valence-electron chi connectivity index (χ0n) is 14.6. The van der Waals surface area contributed by atoms with Crippen LogP contribution < -0.4 is 5.32 Å². The zero-order chi connectivity index (χ0) is 17.6. The van der Waals surface area contributed by atoms with E-state index in [1.807, 2.05) is 36.2 Å². The monoisotopic (exact) mass is 339 g/mol. The van der Waals surface area contributed by atoms with E-state index in [-0.39, 0.29) is 6.54 Å². The van der Waals surface area contributed by atoms with Crippen molar-refractivity contribution in [2.45, 2.75) is 38.4 Å². The first-order valence-corrected chi connectivity index (χ1v) is 8.85. The van der Waals surface area contributed by atoms with Gasteiger partial charge in [0, 0.05) is 30.4 Å². The molecule has 1 heterocycles. The first kappa shape index (κ1) is 17.6. The van der Waals surface area contributed by atoms with E-state index in [0.717, 1.165) is 37.2 Å². The smallest absolute Gasteiger partial charge is 0.317 e. The van der Waals surface area contributed by atoms with Crippen LogP contribution in [0.5, 0.6) is 0 Å². The number of carbonyl (C=O) groups is 1. The third kappa shape index (κ3) is 4.65. The predicted octanol–water partition coefficient (Wildman–Crippen LogP) is 2.78. The summed E-state index contributed by atoms with van der Waals surface area (Å²) < 4.78 is 0. The molecule has 0 atom stereocenters. The molecule has 25 heavy (non-hydrogen) atoms. The van der Waals surface area contributed by atoms with Gasteiger partial charge in [0.25, 0.3) is 0 Å². The second-order valence-electron chi connectivity index (χ2n) is 6.58. The van der Waals surface area contributed by atoms with Gasteiger partial charge < -0.3 is 10.4 Å². The molecule has 0 bridgehead atoms. The van der Waals surface area contributed by atoms with Crippen molar-refractivity contribution in [2.24, 2.45) is 0 Å². The minimum atomic E-state index is -0.746. The van der Waals surface area contributed by atoms with Gasteiger partial charge in [-0.3, -0.25) is 14.7 Å². The highest BCUT2D eigenvalue weighted by molar-refractivity contribution is 5.69. The molecule has 0 saturated heterocycles. The fourth-order valence-electron chi connectivity index (χ4n) is 3.36. The molecule has 0 aliphatic heterocycles. The number of aliphatic carboxylic acids is 1. The quantitative estimate of drug-likeness (QED) is 0.774. The second kappa shape index (κ2) is 8.23. The van der Waals surface area contributed by atoms with Gasteiger partial charge in [-0.1, -0.05) is 31.2 Å². The van der Waals surface area contributed by atoms with Crippen LogP contribution >= 0.6 is 0 Å². The normalized spacial score (nSPS) is 19.6. The minimum absolute atomic E-state index is 0.139. The summed E-state index contributed by atoms with van der Waals surface area (Å²) in [6.45, 7) is 3.77. The van der Waals surface area contributed by atoms with Gasteiger partial charge in [0.15, 0.2) is 0 Å². The maximum absolute atomic E-state index is 10.9. The Labute approximate surface area is 148 Å². The number of aromatic nitrogens is 1. The molecular formula is C20H25N3O2. The molecule has 5 nitrogen and oxygen atoms in total. The van der Waals surface area contributed by atoms with Crippen molar-refractivity contribution in [3.05, 3.63) is 54.2 Å². The van der Waals surface area contributed by atoms with Crippen LogP contribution in [0.15, 0.2) is 48.7 Å². The van der Waals surface area contributed by atoms with E-state index in [4.69, 9.17) is 5.11 Å². The van der Waals surface area contributed by atoms with Crippen molar-refractivity contribution in [3.8, 4) is 11.3 Å². The van der Waals surface area contributed by atoms with Gasteiger partial charge in [-0.15, -0.1) is 0 Å². The topological polar surface area (TPSA) is 65.5 Å². The van der Waals surface area contributed by atoms with Crippen LogP contribution in [0.1, 0.15) is 25.3 Å². The summed E-state index contributed by atoms with van der Waals surface area (Å²) in [6.07, 6.45) is 3.84. The lowest BCUT2D eigenvalue weighted by Gasteiger charge is -2.42. The van der Waals surface area contributed by atoms with Crippen LogP contribution in [0, 0.1) is 0 Å². The highest BCUT2D eigenvalue weighted by atomic mass is 16.4. The standard InChI is InChI=1S/C20H25N3O2/c1-2-23(14-20(24)25)18-11-17(12-18)22-13-15-6-5-7-16(10-15)19-8-3-4-9-21-19/h3-10,17-18,22H,2,11-14H2,1H3,(H,24,25). The Balaban J connectivity index is 1.50. The third-order valence-corrected chi connectivity index (χ3v) is 4.86. The van der Waals surface area contributed by atoms with Crippen molar-refractivity contribution in [1.82, 2.24) is 15.2 Å². The van der Waals surface area contributed by atoms with Crippen LogP contribution in [-0.2, 0) is 11.3 Å². The summed E-state index contributed by atoms with van der Waals surface area (Å²) in [5, 5.41) is 12.5. The van der Waals surface area contributed by atoms with Gasteiger partial charge >= 0.3 is 5.97 Å². The summed E-state index contributed by atoms with van der Waals surface area (Å²) in [5.41, 5.74) is 3.36. The van der Waals surface area contributed by atoms with Crippen LogP contribution in [-0.4, -0.2) is 46.1 Å². The van der Waals surface area contributed by atoms with Crippen molar-refractivity contribution in [1.29, 1.82) is 0 Å². The molecule has 0 spiro atoms. The Kier molecular flexibility index (Phi) is 5.79. The highest BCUT2D eigenvalue weighted by Gasteiger charge is 2.33. The molecule has 2 aromatic rings. The van der Waals surface area contributed by atoms with Gasteiger partial charge in [-0.05, 0) is 43.1 Å². The lowest BCUT2D eigenvalue weighted by Crippen LogP contribution is -2.53. The molecule has 1 aromatic carbocycles. The Morgan fingerprint density at radius 2 is 2.12 bits per heavy atom. The molecule has 3 rings (SSSR count). The Bertz CT molecular complexity index is 699. The second-order valence-corrected chi connectivity index (χ2v) is 6.58. The van der Waals surface area contributed by atoms with Crippen LogP contribution in [0.3, 0.4) is 0 Å². The van der Waals surface area contributed by atoms with Gasteiger partial charge in [-0.2, -0.15) is 0 Å². The summed E-state index contributed by atoms with van der Waals surface area (Å²) in [6, 6.07) is 15.2. The van der Waals surface area contributed by atoms with Crippen LogP contribution in [0.25, 0.3) is 11.3 Å². The number of hydrogen-bond acceptors (Lipinski definition) is 4. The molecule has 0 radical (unpaired) electrons. The van der Waals surface area contributed by atoms with Gasteiger partial charge in [0.1, 0.15) is 0 Å². The summed E-state index contributed by atoms with van der Waals surface area (Å²) in [4.78, 5) is 17.3. The van der Waals surface area contributed by atoms with E-state index in [0.29, 0.717) is 12.1 Å². The molecule has 1 saturated carbocycles. The maximum Gasteiger partial charge on any atom is 0.317 e. The van der Waals surface area contributed by atoms with Gasteiger partial charge in [0.2, 0.25) is 0 Å². The largest absolute Gasteiger partial charge is 0.480 e. The number of likely N-dealkylation sites (N-methyl/N-ethyl adjacent to an activating group) is 1. The molecule has 5 heteroatoms. The van der Waals surface area contributed by atoms with Crippen molar-refractivity contribution in [2.75, 3.05) is 13.1 Å². The predicted molar refractivity (Wildman–Crippen MR) is 98.2 cm³/mol. The third-order valence-electron chi connectivity index (χ3n) is 4.86. The number of rotatable bonds is 8. The first-order valence-electron chi connectivity index (χ1n) is 8.85. The van der Waals surface area contributed by atoms with E-state index >= 15 is 0 Å². The lowest BCUT2D eigenvalue weighted by molar-refractivity contribution is -0.139. The summed E-state index contributed by atoms with van der Waals surface area (Å²) in [7, 11) is 0. The molecule has 0 unspecified atom stereocenters. The molecule has 132 valence electrons. The number of carboxylic acids is 1. The fraction of sp³-hybridized carbons (Fsp3) is 0.400. The Morgan fingerprint density at radius 3 is 2.80 bits per heavy atom. The minimum Gasteiger partial charge on any atom is -0.480 e. The van der Waals surface area contributed by atoms with E-state index in [9.17, 15) is 4.79 Å². The molecule has 1 aliphatic rings. The number of pyridine rings is 1. The highest BCUT2D eigenvalue weighted by Crippen LogP contribution is 2.26. The lowest BCUT2D eigenvalue weighted by atomic mass is 9.85. The van der Waals surface area contributed by atoms with Crippen molar-refractivity contribution >= 4 is 5.97 Å². The fourth-order valence-corrected chi connectivity index (χ4v) is 3.36. The Hall–Kier alpha value is -2.24. The van der Waals surface area contributed by atoms with Crippen molar-refractivity contribution < 1.29 is 9.90 Å². The number of carboxylic acid groups (broad SMARTS) is 1. The zero-order valence-corrected chi connectivity index (χ0v) is 14.6. The van der Waals surface area contributed by atoms with E-state index in [1.54, 1.807) is 0 Å². The van der Waals surface area contributed by atoms with Gasteiger partial charge in [0.05, 0.1) is 12.2 Å². The maximum atomic E-state index is 10.9. The first-order chi connectivity index (χ1) is 12.2.